The first-order chi connectivity index (χ1) is 10.3. The summed E-state index contributed by atoms with van der Waals surface area (Å²) in [7, 11) is 3.45. The molecule has 0 saturated carbocycles. The molecule has 0 amide bonds. The first-order valence-electron chi connectivity index (χ1n) is 7.74. The van der Waals surface area contributed by atoms with E-state index in [2.05, 4.69) is 29.6 Å². The van der Waals surface area contributed by atoms with Gasteiger partial charge in [0.25, 0.3) is 0 Å². The molecule has 4 heteroatoms. The molecule has 1 saturated heterocycles. The van der Waals surface area contributed by atoms with Crippen LogP contribution in [0.2, 0.25) is 0 Å². The maximum atomic E-state index is 6.03. The molecule has 1 fully saturated rings. The molecular formula is C17H27NO3. The Morgan fingerprint density at radius 2 is 2.00 bits per heavy atom. The van der Waals surface area contributed by atoms with Crippen molar-refractivity contribution in [3.05, 3.63) is 35.4 Å². The summed E-state index contributed by atoms with van der Waals surface area (Å²) in [6, 6.07) is 8.61. The molecule has 1 aliphatic heterocycles. The van der Waals surface area contributed by atoms with Gasteiger partial charge in [0.05, 0.1) is 19.3 Å². The number of hydrogen-bond acceptors (Lipinski definition) is 4. The first-order valence-corrected chi connectivity index (χ1v) is 7.74. The molecule has 118 valence electrons. The summed E-state index contributed by atoms with van der Waals surface area (Å²) in [4.78, 5) is 0. The van der Waals surface area contributed by atoms with Gasteiger partial charge in [0.2, 0.25) is 0 Å². The Labute approximate surface area is 127 Å². The number of benzene rings is 1. The largest absolute Gasteiger partial charge is 0.383 e. The van der Waals surface area contributed by atoms with E-state index in [1.807, 2.05) is 0 Å². The molecule has 0 aliphatic carbocycles. The number of rotatable bonds is 8. The Hall–Kier alpha value is -0.940. The lowest BCUT2D eigenvalue weighted by Gasteiger charge is -2.32. The maximum absolute atomic E-state index is 6.03. The average molecular weight is 293 g/mol. The Kier molecular flexibility index (Phi) is 7.16. The van der Waals surface area contributed by atoms with Crippen LogP contribution >= 0.6 is 0 Å². The first kappa shape index (κ1) is 16.4. The second-order valence-electron chi connectivity index (χ2n) is 5.57. The van der Waals surface area contributed by atoms with Crippen molar-refractivity contribution in [2.24, 2.45) is 5.92 Å². The predicted molar refractivity (Wildman–Crippen MR) is 83.3 cm³/mol. The van der Waals surface area contributed by atoms with Crippen molar-refractivity contribution in [2.45, 2.75) is 25.6 Å². The zero-order chi connectivity index (χ0) is 14.9. The minimum Gasteiger partial charge on any atom is -0.383 e. The van der Waals surface area contributed by atoms with Gasteiger partial charge in [0, 0.05) is 39.8 Å². The van der Waals surface area contributed by atoms with Crippen LogP contribution in [0.5, 0.6) is 0 Å². The number of ether oxygens (including phenoxy) is 3. The third kappa shape index (κ3) is 5.08. The topological polar surface area (TPSA) is 39.7 Å². The quantitative estimate of drug-likeness (QED) is 0.748. The number of nitrogens with one attached hydrogen (secondary N) is 1. The Morgan fingerprint density at radius 1 is 1.19 bits per heavy atom. The number of hydrogen-bond donors (Lipinski definition) is 1. The molecule has 2 atom stereocenters. The highest BCUT2D eigenvalue weighted by atomic mass is 16.5. The molecule has 0 radical (unpaired) electrons. The third-order valence-corrected chi connectivity index (χ3v) is 3.95. The molecule has 1 aliphatic rings. The summed E-state index contributed by atoms with van der Waals surface area (Å²) >= 11 is 0. The van der Waals surface area contributed by atoms with Crippen LogP contribution in [0.1, 0.15) is 30.1 Å². The minimum absolute atomic E-state index is 0.199. The highest BCUT2D eigenvalue weighted by Gasteiger charge is 2.26. The predicted octanol–water partition coefficient (Wildman–Crippen LogP) is 2.54. The zero-order valence-corrected chi connectivity index (χ0v) is 13.1. The van der Waals surface area contributed by atoms with Gasteiger partial charge in [-0.3, -0.25) is 0 Å². The zero-order valence-electron chi connectivity index (χ0n) is 13.1. The normalized spacial score (nSPS) is 22.4. The molecule has 1 heterocycles. The van der Waals surface area contributed by atoms with Gasteiger partial charge in [-0.15, -0.1) is 0 Å². The molecule has 1 aromatic rings. The fourth-order valence-electron chi connectivity index (χ4n) is 2.85. The summed E-state index contributed by atoms with van der Waals surface area (Å²) in [5.41, 5.74) is 2.47. The van der Waals surface area contributed by atoms with Crippen LogP contribution in [0.25, 0.3) is 0 Å². The molecular weight excluding hydrogens is 266 g/mol. The standard InChI is InChI=1S/C17H27NO3/c1-19-11-9-18-12-16-4-3-10-21-17(16)15-7-5-14(6-8-15)13-20-2/h5-8,16-18H,3-4,9-13H2,1-2H3. The number of methoxy groups -OCH3 is 2. The lowest BCUT2D eigenvalue weighted by atomic mass is 9.89. The molecule has 1 N–H and O–H groups in total. The Bertz CT molecular complexity index is 394. The minimum atomic E-state index is 0.199. The van der Waals surface area contributed by atoms with Crippen LogP contribution < -0.4 is 5.32 Å². The molecule has 2 unspecified atom stereocenters. The highest BCUT2D eigenvalue weighted by molar-refractivity contribution is 5.24. The van der Waals surface area contributed by atoms with E-state index in [1.54, 1.807) is 14.2 Å². The van der Waals surface area contributed by atoms with E-state index in [9.17, 15) is 0 Å². The molecule has 21 heavy (non-hydrogen) atoms. The van der Waals surface area contributed by atoms with Crippen LogP contribution in [-0.2, 0) is 20.8 Å². The van der Waals surface area contributed by atoms with Crippen LogP contribution in [0.4, 0.5) is 0 Å². The van der Waals surface area contributed by atoms with E-state index < -0.39 is 0 Å². The molecule has 0 bridgehead atoms. The lowest BCUT2D eigenvalue weighted by molar-refractivity contribution is -0.0280. The summed E-state index contributed by atoms with van der Waals surface area (Å²) in [5.74, 6) is 0.531. The van der Waals surface area contributed by atoms with Crippen molar-refractivity contribution < 1.29 is 14.2 Å². The molecule has 2 rings (SSSR count). The second kappa shape index (κ2) is 9.15. The van der Waals surface area contributed by atoms with Gasteiger partial charge in [-0.1, -0.05) is 24.3 Å². The van der Waals surface area contributed by atoms with E-state index in [0.29, 0.717) is 12.5 Å². The summed E-state index contributed by atoms with van der Waals surface area (Å²) < 4.78 is 16.3. The smallest absolute Gasteiger partial charge is 0.0865 e. The highest BCUT2D eigenvalue weighted by Crippen LogP contribution is 2.33. The second-order valence-corrected chi connectivity index (χ2v) is 5.57. The van der Waals surface area contributed by atoms with Gasteiger partial charge in [-0.25, -0.2) is 0 Å². The van der Waals surface area contributed by atoms with E-state index in [4.69, 9.17) is 14.2 Å². The van der Waals surface area contributed by atoms with Gasteiger partial charge in [0.1, 0.15) is 0 Å². The van der Waals surface area contributed by atoms with Crippen molar-refractivity contribution in [3.8, 4) is 0 Å². The molecule has 0 aromatic heterocycles. The lowest BCUT2D eigenvalue weighted by Crippen LogP contribution is -2.33. The fraction of sp³-hybridized carbons (Fsp3) is 0.647. The van der Waals surface area contributed by atoms with E-state index in [0.717, 1.165) is 32.7 Å². The maximum Gasteiger partial charge on any atom is 0.0865 e. The molecule has 0 spiro atoms. The van der Waals surface area contributed by atoms with Crippen molar-refractivity contribution in [3.63, 3.8) is 0 Å². The van der Waals surface area contributed by atoms with Crippen LogP contribution in [-0.4, -0.2) is 40.5 Å². The van der Waals surface area contributed by atoms with Gasteiger partial charge in [0.15, 0.2) is 0 Å². The van der Waals surface area contributed by atoms with Gasteiger partial charge in [-0.2, -0.15) is 0 Å². The monoisotopic (exact) mass is 293 g/mol. The summed E-state index contributed by atoms with van der Waals surface area (Å²) in [6.45, 7) is 4.15. The van der Waals surface area contributed by atoms with E-state index in [-0.39, 0.29) is 6.10 Å². The Balaban J connectivity index is 1.93. The summed E-state index contributed by atoms with van der Waals surface area (Å²) in [5, 5.41) is 3.46. The van der Waals surface area contributed by atoms with Gasteiger partial charge >= 0.3 is 0 Å². The Morgan fingerprint density at radius 3 is 2.71 bits per heavy atom. The van der Waals surface area contributed by atoms with Crippen LogP contribution in [0, 0.1) is 5.92 Å². The molecule has 1 aromatic carbocycles. The fourth-order valence-corrected chi connectivity index (χ4v) is 2.85. The van der Waals surface area contributed by atoms with Crippen molar-refractivity contribution in [2.75, 3.05) is 40.5 Å². The van der Waals surface area contributed by atoms with Crippen molar-refractivity contribution in [1.82, 2.24) is 5.32 Å². The summed E-state index contributed by atoms with van der Waals surface area (Å²) in [6.07, 6.45) is 2.56. The van der Waals surface area contributed by atoms with Crippen LogP contribution in [0.15, 0.2) is 24.3 Å². The van der Waals surface area contributed by atoms with Gasteiger partial charge < -0.3 is 19.5 Å². The SMILES string of the molecule is COCCNCC1CCCOC1c1ccc(COC)cc1. The van der Waals surface area contributed by atoms with Crippen molar-refractivity contribution in [1.29, 1.82) is 0 Å². The van der Waals surface area contributed by atoms with Crippen molar-refractivity contribution >= 4 is 0 Å². The van der Waals surface area contributed by atoms with Gasteiger partial charge in [-0.05, 0) is 24.0 Å². The van der Waals surface area contributed by atoms with E-state index in [1.165, 1.54) is 17.5 Å². The van der Waals surface area contributed by atoms with E-state index >= 15 is 0 Å². The van der Waals surface area contributed by atoms with Crippen LogP contribution in [0.3, 0.4) is 0 Å². The molecule has 4 nitrogen and oxygen atoms in total. The third-order valence-electron chi connectivity index (χ3n) is 3.95. The average Bonchev–Trinajstić information content (AvgIpc) is 2.53.